The summed E-state index contributed by atoms with van der Waals surface area (Å²) in [6, 6.07) is 0. The summed E-state index contributed by atoms with van der Waals surface area (Å²) in [4.78, 5) is 4.73. The average molecular weight is 224 g/mol. The Balaban J connectivity index is 2.17. The highest BCUT2D eigenvalue weighted by atomic mass is 32.1. The van der Waals surface area contributed by atoms with Gasteiger partial charge in [-0.2, -0.15) is 0 Å². The van der Waals surface area contributed by atoms with Crippen molar-refractivity contribution in [2.45, 2.75) is 57.8 Å². The first-order valence-electron chi connectivity index (χ1n) is 5.94. The number of aromatic nitrogens is 1. The van der Waals surface area contributed by atoms with Crippen LogP contribution in [0, 0.1) is 0 Å². The van der Waals surface area contributed by atoms with E-state index in [4.69, 9.17) is 10.7 Å². The third kappa shape index (κ3) is 2.33. The number of nitrogens with two attached hydrogens (primary N) is 1. The Morgan fingerprint density at radius 3 is 2.47 bits per heavy atom. The van der Waals surface area contributed by atoms with E-state index in [1.165, 1.54) is 37.1 Å². The van der Waals surface area contributed by atoms with E-state index in [2.05, 4.69) is 13.8 Å². The van der Waals surface area contributed by atoms with E-state index in [-0.39, 0.29) is 0 Å². The van der Waals surface area contributed by atoms with Crippen molar-refractivity contribution in [3.05, 3.63) is 10.7 Å². The maximum absolute atomic E-state index is 6.00. The Morgan fingerprint density at radius 1 is 1.27 bits per heavy atom. The van der Waals surface area contributed by atoms with Gasteiger partial charge in [0.05, 0.1) is 10.7 Å². The molecule has 15 heavy (non-hydrogen) atoms. The quantitative estimate of drug-likeness (QED) is 0.827. The van der Waals surface area contributed by atoms with Crippen LogP contribution in [0.15, 0.2) is 0 Å². The molecule has 1 fully saturated rings. The lowest BCUT2D eigenvalue weighted by atomic mass is 9.90. The summed E-state index contributed by atoms with van der Waals surface area (Å²) in [6.07, 6.45) is 6.74. The van der Waals surface area contributed by atoms with Crippen LogP contribution < -0.4 is 5.73 Å². The highest BCUT2D eigenvalue weighted by molar-refractivity contribution is 7.15. The Morgan fingerprint density at radius 2 is 1.93 bits per heavy atom. The lowest BCUT2D eigenvalue weighted by Crippen LogP contribution is -2.04. The number of hydrogen-bond acceptors (Lipinski definition) is 3. The van der Waals surface area contributed by atoms with E-state index in [9.17, 15) is 0 Å². The lowest BCUT2D eigenvalue weighted by molar-refractivity contribution is 0.441. The van der Waals surface area contributed by atoms with Gasteiger partial charge in [-0.1, -0.05) is 33.1 Å². The van der Waals surface area contributed by atoms with E-state index in [0.29, 0.717) is 11.8 Å². The van der Waals surface area contributed by atoms with Crippen molar-refractivity contribution in [1.82, 2.24) is 4.98 Å². The number of rotatable bonds is 2. The number of nitrogens with zero attached hydrogens (tertiary/aromatic N) is 1. The van der Waals surface area contributed by atoms with Gasteiger partial charge in [-0.3, -0.25) is 0 Å². The molecule has 0 unspecified atom stereocenters. The summed E-state index contributed by atoms with van der Waals surface area (Å²) in [7, 11) is 0. The van der Waals surface area contributed by atoms with Gasteiger partial charge in [-0.25, -0.2) is 4.98 Å². The molecule has 3 heteroatoms. The summed E-state index contributed by atoms with van der Waals surface area (Å²) >= 11 is 1.72. The SMILES string of the molecule is CC(C)c1nc(C2CCCCC2)sc1N. The van der Waals surface area contributed by atoms with Gasteiger partial charge >= 0.3 is 0 Å². The molecule has 2 nitrogen and oxygen atoms in total. The number of nitrogen functional groups attached to an aromatic ring is 1. The fraction of sp³-hybridized carbons (Fsp3) is 0.750. The molecule has 0 aromatic carbocycles. The normalized spacial score (nSPS) is 18.6. The molecule has 0 saturated heterocycles. The molecular weight excluding hydrogens is 204 g/mol. The molecule has 84 valence electrons. The summed E-state index contributed by atoms with van der Waals surface area (Å²) in [5.74, 6) is 1.15. The van der Waals surface area contributed by atoms with E-state index >= 15 is 0 Å². The van der Waals surface area contributed by atoms with Gasteiger partial charge in [-0.15, -0.1) is 11.3 Å². The highest BCUT2D eigenvalue weighted by Gasteiger charge is 2.21. The first-order valence-corrected chi connectivity index (χ1v) is 6.76. The molecule has 1 saturated carbocycles. The average Bonchev–Trinajstić information content (AvgIpc) is 2.62. The van der Waals surface area contributed by atoms with Gasteiger partial charge in [0.2, 0.25) is 0 Å². The first kappa shape index (κ1) is 10.9. The van der Waals surface area contributed by atoms with E-state index < -0.39 is 0 Å². The van der Waals surface area contributed by atoms with Gasteiger partial charge in [0, 0.05) is 5.92 Å². The molecule has 2 rings (SSSR count). The molecule has 1 aromatic heterocycles. The molecule has 0 aliphatic heterocycles. The van der Waals surface area contributed by atoms with Crippen molar-refractivity contribution in [1.29, 1.82) is 0 Å². The summed E-state index contributed by atoms with van der Waals surface area (Å²) in [5, 5.41) is 2.22. The Kier molecular flexibility index (Phi) is 3.29. The molecule has 1 aromatic rings. The van der Waals surface area contributed by atoms with Crippen LogP contribution in [-0.2, 0) is 0 Å². The topological polar surface area (TPSA) is 38.9 Å². The smallest absolute Gasteiger partial charge is 0.110 e. The van der Waals surface area contributed by atoms with Gasteiger partial charge in [0.15, 0.2) is 0 Å². The molecule has 0 bridgehead atoms. The van der Waals surface area contributed by atoms with Crippen LogP contribution in [0.3, 0.4) is 0 Å². The minimum Gasteiger partial charge on any atom is -0.389 e. The largest absolute Gasteiger partial charge is 0.389 e. The molecular formula is C12H20N2S. The van der Waals surface area contributed by atoms with Crippen LogP contribution in [0.1, 0.15) is 68.5 Å². The van der Waals surface area contributed by atoms with E-state index in [1.807, 2.05) is 0 Å². The first-order chi connectivity index (χ1) is 7.18. The van der Waals surface area contributed by atoms with Crippen LogP contribution in [-0.4, -0.2) is 4.98 Å². The maximum atomic E-state index is 6.00. The molecule has 0 radical (unpaired) electrons. The summed E-state index contributed by atoms with van der Waals surface area (Å²) < 4.78 is 0. The second-order valence-electron chi connectivity index (χ2n) is 4.79. The fourth-order valence-corrected chi connectivity index (χ4v) is 3.46. The summed E-state index contributed by atoms with van der Waals surface area (Å²) in [6.45, 7) is 4.33. The molecule has 0 amide bonds. The van der Waals surface area contributed by atoms with Gasteiger partial charge in [0.1, 0.15) is 5.00 Å². The zero-order chi connectivity index (χ0) is 10.8. The monoisotopic (exact) mass is 224 g/mol. The number of anilines is 1. The third-order valence-electron chi connectivity index (χ3n) is 3.20. The van der Waals surface area contributed by atoms with Gasteiger partial charge in [-0.05, 0) is 18.8 Å². The highest BCUT2D eigenvalue weighted by Crippen LogP contribution is 2.38. The molecule has 0 spiro atoms. The standard InChI is InChI=1S/C12H20N2S/c1-8(2)10-11(13)15-12(14-10)9-6-4-3-5-7-9/h8-9H,3-7,13H2,1-2H3. The van der Waals surface area contributed by atoms with Crippen molar-refractivity contribution < 1.29 is 0 Å². The molecule has 0 atom stereocenters. The van der Waals surface area contributed by atoms with Gasteiger partial charge in [0.25, 0.3) is 0 Å². The third-order valence-corrected chi connectivity index (χ3v) is 4.26. The Hall–Kier alpha value is -0.570. The van der Waals surface area contributed by atoms with Gasteiger partial charge < -0.3 is 5.73 Å². The van der Waals surface area contributed by atoms with Crippen molar-refractivity contribution in [2.75, 3.05) is 5.73 Å². The molecule has 1 heterocycles. The molecule has 1 aliphatic rings. The summed E-state index contributed by atoms with van der Waals surface area (Å²) in [5.41, 5.74) is 7.12. The van der Waals surface area contributed by atoms with Crippen LogP contribution in [0.25, 0.3) is 0 Å². The second kappa shape index (κ2) is 4.52. The fourth-order valence-electron chi connectivity index (χ4n) is 2.30. The van der Waals surface area contributed by atoms with E-state index in [0.717, 1.165) is 10.7 Å². The zero-order valence-electron chi connectivity index (χ0n) is 9.62. The predicted octanol–water partition coefficient (Wildman–Crippen LogP) is 3.90. The minimum atomic E-state index is 0.457. The number of hydrogen-bond donors (Lipinski definition) is 1. The van der Waals surface area contributed by atoms with Crippen LogP contribution in [0.4, 0.5) is 5.00 Å². The Bertz CT molecular complexity index is 324. The second-order valence-corrected chi connectivity index (χ2v) is 5.85. The van der Waals surface area contributed by atoms with Crippen LogP contribution >= 0.6 is 11.3 Å². The molecule has 1 aliphatic carbocycles. The molecule has 2 N–H and O–H groups in total. The van der Waals surface area contributed by atoms with Crippen molar-refractivity contribution >= 4 is 16.3 Å². The van der Waals surface area contributed by atoms with E-state index in [1.54, 1.807) is 11.3 Å². The predicted molar refractivity (Wildman–Crippen MR) is 66.4 cm³/mol. The van der Waals surface area contributed by atoms with Crippen LogP contribution in [0.2, 0.25) is 0 Å². The maximum Gasteiger partial charge on any atom is 0.110 e. The van der Waals surface area contributed by atoms with Crippen molar-refractivity contribution in [3.8, 4) is 0 Å². The minimum absolute atomic E-state index is 0.457. The van der Waals surface area contributed by atoms with Crippen molar-refractivity contribution in [2.24, 2.45) is 0 Å². The number of thiazole rings is 1. The van der Waals surface area contributed by atoms with Crippen LogP contribution in [0.5, 0.6) is 0 Å². The van der Waals surface area contributed by atoms with Crippen molar-refractivity contribution in [3.63, 3.8) is 0 Å². The Labute approximate surface area is 95.9 Å². The zero-order valence-corrected chi connectivity index (χ0v) is 10.4. The lowest BCUT2D eigenvalue weighted by Gasteiger charge is -2.18.